The first-order chi connectivity index (χ1) is 10.7. The summed E-state index contributed by atoms with van der Waals surface area (Å²) in [6.07, 6.45) is 6.94. The van der Waals surface area contributed by atoms with Crippen LogP contribution in [-0.4, -0.2) is 22.1 Å². The van der Waals surface area contributed by atoms with Gasteiger partial charge in [0.25, 0.3) is 0 Å². The average molecular weight is 295 g/mol. The van der Waals surface area contributed by atoms with Gasteiger partial charge in [-0.05, 0) is 24.6 Å². The van der Waals surface area contributed by atoms with Crippen molar-refractivity contribution in [3.8, 4) is 11.8 Å². The third-order valence-electron chi connectivity index (χ3n) is 2.93. The first-order valence-corrected chi connectivity index (χ1v) is 6.81. The Balaban J connectivity index is 1.87. The van der Waals surface area contributed by atoms with E-state index in [0.717, 1.165) is 17.7 Å². The Morgan fingerprint density at radius 3 is 2.82 bits per heavy atom. The summed E-state index contributed by atoms with van der Waals surface area (Å²) in [5, 5.41) is 0. The Morgan fingerprint density at radius 2 is 2.18 bits per heavy atom. The Kier molecular flexibility index (Phi) is 5.38. The molecule has 0 radical (unpaired) electrons. The maximum Gasteiger partial charge on any atom is 0.354 e. The van der Waals surface area contributed by atoms with E-state index in [1.54, 1.807) is 19.4 Å². The molecule has 0 bridgehead atoms. The van der Waals surface area contributed by atoms with E-state index < -0.39 is 5.97 Å². The van der Waals surface area contributed by atoms with Gasteiger partial charge >= 0.3 is 5.97 Å². The van der Waals surface area contributed by atoms with Crippen molar-refractivity contribution < 1.29 is 9.53 Å². The monoisotopic (exact) mass is 295 g/mol. The lowest BCUT2D eigenvalue weighted by Crippen LogP contribution is -2.14. The number of imidazole rings is 1. The summed E-state index contributed by atoms with van der Waals surface area (Å²) in [4.78, 5) is 15.3. The van der Waals surface area contributed by atoms with Crippen LogP contribution in [0.25, 0.3) is 0 Å². The second-order valence-corrected chi connectivity index (χ2v) is 4.55. The molecule has 0 atom stereocenters. The van der Waals surface area contributed by atoms with Crippen molar-refractivity contribution in [3.05, 3.63) is 65.9 Å². The van der Waals surface area contributed by atoms with Crippen LogP contribution >= 0.6 is 0 Å². The molecule has 22 heavy (non-hydrogen) atoms. The summed E-state index contributed by atoms with van der Waals surface area (Å²) in [6, 6.07) is 7.88. The molecule has 5 nitrogen and oxygen atoms in total. The standard InChI is InChI=1S/C17H17N3O2/c1-2-16(18)17(21)22-11-3-4-14-5-7-15(8-6-14)12-20-10-9-19-13-20/h2,5-10,13H,11-12,18H2,1H3. The first kappa shape index (κ1) is 15.4. The number of allylic oxidation sites excluding steroid dienone is 1. The molecule has 1 aromatic heterocycles. The number of carbonyl (C=O) groups is 1. The predicted molar refractivity (Wildman–Crippen MR) is 83.6 cm³/mol. The summed E-state index contributed by atoms with van der Waals surface area (Å²) in [5.41, 5.74) is 7.53. The molecule has 0 aliphatic heterocycles. The van der Waals surface area contributed by atoms with Gasteiger partial charge in [0, 0.05) is 24.5 Å². The molecule has 0 aliphatic carbocycles. The van der Waals surface area contributed by atoms with E-state index in [2.05, 4.69) is 16.8 Å². The molecule has 2 rings (SSSR count). The van der Waals surface area contributed by atoms with Crippen LogP contribution in [0.1, 0.15) is 18.1 Å². The number of carbonyl (C=O) groups excluding carboxylic acids is 1. The van der Waals surface area contributed by atoms with Gasteiger partial charge in [-0.2, -0.15) is 0 Å². The summed E-state index contributed by atoms with van der Waals surface area (Å²) < 4.78 is 6.89. The molecule has 112 valence electrons. The molecule has 0 spiro atoms. The van der Waals surface area contributed by atoms with Gasteiger partial charge in [-0.1, -0.05) is 30.0 Å². The van der Waals surface area contributed by atoms with E-state index in [1.165, 1.54) is 6.08 Å². The van der Waals surface area contributed by atoms with E-state index in [9.17, 15) is 4.79 Å². The van der Waals surface area contributed by atoms with Crippen LogP contribution in [0.2, 0.25) is 0 Å². The van der Waals surface area contributed by atoms with Crippen LogP contribution in [-0.2, 0) is 16.1 Å². The van der Waals surface area contributed by atoms with E-state index in [-0.39, 0.29) is 12.3 Å². The van der Waals surface area contributed by atoms with Crippen LogP contribution in [0, 0.1) is 11.8 Å². The average Bonchev–Trinajstić information content (AvgIpc) is 3.05. The highest BCUT2D eigenvalue weighted by atomic mass is 16.5. The van der Waals surface area contributed by atoms with Crippen molar-refractivity contribution in [3.63, 3.8) is 0 Å². The molecule has 1 heterocycles. The number of hydrogen-bond donors (Lipinski definition) is 1. The minimum atomic E-state index is -0.549. The SMILES string of the molecule is CC=C(N)C(=O)OCC#Cc1ccc(Cn2ccnc2)cc1. The molecule has 2 N–H and O–H groups in total. The van der Waals surface area contributed by atoms with Gasteiger partial charge in [0.1, 0.15) is 5.70 Å². The van der Waals surface area contributed by atoms with Crippen molar-refractivity contribution >= 4 is 5.97 Å². The Bertz CT molecular complexity index is 705. The van der Waals surface area contributed by atoms with Crippen LogP contribution in [0.15, 0.2) is 54.8 Å². The van der Waals surface area contributed by atoms with Crippen molar-refractivity contribution in [2.45, 2.75) is 13.5 Å². The molecule has 0 unspecified atom stereocenters. The van der Waals surface area contributed by atoms with Crippen LogP contribution in [0.3, 0.4) is 0 Å². The van der Waals surface area contributed by atoms with Gasteiger partial charge in [-0.15, -0.1) is 0 Å². The number of nitrogens with two attached hydrogens (primary N) is 1. The van der Waals surface area contributed by atoms with Crippen LogP contribution in [0.4, 0.5) is 0 Å². The van der Waals surface area contributed by atoms with Crippen molar-refractivity contribution in [1.29, 1.82) is 0 Å². The minimum Gasteiger partial charge on any atom is -0.448 e. The van der Waals surface area contributed by atoms with Gasteiger partial charge in [0.05, 0.1) is 6.33 Å². The summed E-state index contributed by atoms with van der Waals surface area (Å²) in [6.45, 7) is 2.46. The molecule has 0 saturated carbocycles. The lowest BCUT2D eigenvalue weighted by atomic mass is 10.1. The Labute approximate surface area is 129 Å². The van der Waals surface area contributed by atoms with Gasteiger partial charge < -0.3 is 15.0 Å². The number of esters is 1. The molecule has 0 aliphatic rings. The lowest BCUT2D eigenvalue weighted by Gasteiger charge is -2.02. The fraction of sp³-hybridized carbons (Fsp3) is 0.176. The van der Waals surface area contributed by atoms with Gasteiger partial charge in [0.2, 0.25) is 0 Å². The second kappa shape index (κ2) is 7.70. The zero-order chi connectivity index (χ0) is 15.8. The third kappa shape index (κ3) is 4.53. The second-order valence-electron chi connectivity index (χ2n) is 4.55. The van der Waals surface area contributed by atoms with Gasteiger partial charge in [-0.25, -0.2) is 9.78 Å². The normalized spacial score (nSPS) is 10.7. The zero-order valence-corrected chi connectivity index (χ0v) is 12.3. The Morgan fingerprint density at radius 1 is 1.41 bits per heavy atom. The number of rotatable bonds is 4. The summed E-state index contributed by atoms with van der Waals surface area (Å²) >= 11 is 0. The van der Waals surface area contributed by atoms with E-state index in [0.29, 0.717) is 0 Å². The van der Waals surface area contributed by atoms with E-state index >= 15 is 0 Å². The predicted octanol–water partition coefficient (Wildman–Crippen LogP) is 1.69. The molecule has 0 saturated heterocycles. The van der Waals surface area contributed by atoms with Crippen LogP contribution in [0.5, 0.6) is 0 Å². The van der Waals surface area contributed by atoms with E-state index in [1.807, 2.05) is 35.0 Å². The summed E-state index contributed by atoms with van der Waals surface area (Å²) in [7, 11) is 0. The van der Waals surface area contributed by atoms with Crippen molar-refractivity contribution in [1.82, 2.24) is 9.55 Å². The molecule has 0 fully saturated rings. The Hall–Kier alpha value is -3.00. The number of aromatic nitrogens is 2. The highest BCUT2D eigenvalue weighted by Gasteiger charge is 2.02. The number of ether oxygens (including phenoxy) is 1. The van der Waals surface area contributed by atoms with Gasteiger partial charge in [0.15, 0.2) is 6.61 Å². The highest BCUT2D eigenvalue weighted by Crippen LogP contribution is 2.05. The molecule has 2 aromatic rings. The maximum absolute atomic E-state index is 11.3. The topological polar surface area (TPSA) is 70.1 Å². The highest BCUT2D eigenvalue weighted by molar-refractivity contribution is 5.87. The number of nitrogens with zero attached hydrogens (tertiary/aromatic N) is 2. The van der Waals surface area contributed by atoms with Crippen LogP contribution < -0.4 is 5.73 Å². The minimum absolute atomic E-state index is 0.0180. The quantitative estimate of drug-likeness (QED) is 0.529. The largest absolute Gasteiger partial charge is 0.448 e. The molecule has 1 aromatic carbocycles. The maximum atomic E-state index is 11.3. The molecular formula is C17H17N3O2. The van der Waals surface area contributed by atoms with Crippen molar-refractivity contribution in [2.75, 3.05) is 6.61 Å². The number of benzene rings is 1. The number of hydrogen-bond acceptors (Lipinski definition) is 4. The van der Waals surface area contributed by atoms with Crippen molar-refractivity contribution in [2.24, 2.45) is 5.73 Å². The molecule has 0 amide bonds. The smallest absolute Gasteiger partial charge is 0.354 e. The first-order valence-electron chi connectivity index (χ1n) is 6.81. The lowest BCUT2D eigenvalue weighted by molar-refractivity contribution is -0.137. The third-order valence-corrected chi connectivity index (χ3v) is 2.93. The zero-order valence-electron chi connectivity index (χ0n) is 12.3. The molecule has 5 heteroatoms. The van der Waals surface area contributed by atoms with E-state index in [4.69, 9.17) is 10.5 Å². The van der Waals surface area contributed by atoms with Gasteiger partial charge in [-0.3, -0.25) is 0 Å². The molecular weight excluding hydrogens is 278 g/mol. The fourth-order valence-corrected chi connectivity index (χ4v) is 1.73. The summed E-state index contributed by atoms with van der Waals surface area (Å²) in [5.74, 6) is 5.17. The fourth-order valence-electron chi connectivity index (χ4n) is 1.73.